The normalized spacial score (nSPS) is 24.3. The minimum absolute atomic E-state index is 0. The number of rotatable bonds is 3. The van der Waals surface area contributed by atoms with E-state index in [0.29, 0.717) is 12.6 Å². The number of carbonyl (C=O) groups is 2. The number of fused-ring (bicyclic) bond motifs is 2. The number of hydrogen-bond acceptors (Lipinski definition) is 4. The molecule has 0 radical (unpaired) electrons. The van der Waals surface area contributed by atoms with Gasteiger partial charge in [-0.15, -0.1) is 0 Å². The maximum atomic E-state index is 11.9. The van der Waals surface area contributed by atoms with E-state index in [0.717, 1.165) is 58.3 Å². The summed E-state index contributed by atoms with van der Waals surface area (Å²) in [6.45, 7) is 7.66. The summed E-state index contributed by atoms with van der Waals surface area (Å²) in [7, 11) is 0. The lowest BCUT2D eigenvalue weighted by Crippen LogP contribution is -2.51. The highest BCUT2D eigenvalue weighted by atomic mass is 16.6. The van der Waals surface area contributed by atoms with Crippen molar-refractivity contribution in [3.05, 3.63) is 35.4 Å². The van der Waals surface area contributed by atoms with Crippen molar-refractivity contribution < 1.29 is 15.8 Å². The molecule has 6 heteroatoms. The Morgan fingerprint density at radius 2 is 1.86 bits per heavy atom. The van der Waals surface area contributed by atoms with Crippen LogP contribution in [0.4, 0.5) is 4.79 Å². The minimum atomic E-state index is -0.171. The number of benzene rings is 1. The van der Waals surface area contributed by atoms with E-state index >= 15 is 0 Å². The van der Waals surface area contributed by atoms with Gasteiger partial charge >= 0.3 is 6.09 Å². The fraction of sp³-hybridized carbons (Fsp3) is 0.652. The number of ether oxygens (including phenoxy) is 1. The second-order valence-corrected chi connectivity index (χ2v) is 8.78. The van der Waals surface area contributed by atoms with Crippen molar-refractivity contribution in [2.75, 3.05) is 32.8 Å². The van der Waals surface area contributed by atoms with E-state index in [4.69, 9.17) is 4.74 Å². The number of amides is 2. The smallest absolute Gasteiger partial charge is 0.409 e. The highest BCUT2D eigenvalue weighted by Crippen LogP contribution is 2.51. The largest absolute Gasteiger partial charge is 0.450 e. The summed E-state index contributed by atoms with van der Waals surface area (Å²) in [4.78, 5) is 28.1. The fourth-order valence-corrected chi connectivity index (χ4v) is 5.69. The Kier molecular flexibility index (Phi) is 5.81. The van der Waals surface area contributed by atoms with Crippen LogP contribution < -0.4 is 5.32 Å². The summed E-state index contributed by atoms with van der Waals surface area (Å²) in [5.74, 6) is 0.0487. The van der Waals surface area contributed by atoms with Crippen molar-refractivity contribution in [3.63, 3.8) is 0 Å². The molecule has 1 aliphatic carbocycles. The highest BCUT2D eigenvalue weighted by Gasteiger charge is 2.46. The lowest BCUT2D eigenvalue weighted by Gasteiger charge is -2.45. The summed E-state index contributed by atoms with van der Waals surface area (Å²) in [5.41, 5.74) is 2.93. The Morgan fingerprint density at radius 3 is 2.52 bits per heavy atom. The third-order valence-electron chi connectivity index (χ3n) is 7.14. The summed E-state index contributed by atoms with van der Waals surface area (Å²) >= 11 is 0. The average Bonchev–Trinajstić information content (AvgIpc) is 3.02. The molecule has 1 aromatic carbocycles. The van der Waals surface area contributed by atoms with E-state index in [1.54, 1.807) is 6.92 Å². The number of nitrogens with zero attached hydrogens (tertiary/aromatic N) is 2. The van der Waals surface area contributed by atoms with Gasteiger partial charge < -0.3 is 19.9 Å². The zero-order chi connectivity index (χ0) is 20.4. The average molecular weight is 402 g/mol. The van der Waals surface area contributed by atoms with Gasteiger partial charge in [0, 0.05) is 32.9 Å². The molecule has 1 aromatic rings. The third kappa shape index (κ3) is 4.00. The Labute approximate surface area is 175 Å². The zero-order valence-corrected chi connectivity index (χ0v) is 17.7. The Bertz CT molecular complexity index is 756. The summed E-state index contributed by atoms with van der Waals surface area (Å²) in [5, 5.41) is 3.17. The third-order valence-corrected chi connectivity index (χ3v) is 7.14. The first-order valence-electron chi connectivity index (χ1n) is 11.0. The van der Waals surface area contributed by atoms with E-state index < -0.39 is 0 Å². The number of hydrogen-bond donors (Lipinski definition) is 1. The number of piperidine rings is 2. The van der Waals surface area contributed by atoms with Crippen LogP contribution in [0.25, 0.3) is 0 Å². The van der Waals surface area contributed by atoms with E-state index in [1.807, 2.05) is 11.8 Å². The van der Waals surface area contributed by atoms with Crippen molar-refractivity contribution in [3.8, 4) is 0 Å². The van der Waals surface area contributed by atoms with Gasteiger partial charge in [0.1, 0.15) is 0 Å². The van der Waals surface area contributed by atoms with Crippen LogP contribution in [0.2, 0.25) is 0 Å². The molecular formula is C23H35N3O3. The van der Waals surface area contributed by atoms with Gasteiger partial charge in [-0.3, -0.25) is 4.79 Å². The molecule has 0 bridgehead atoms. The van der Waals surface area contributed by atoms with E-state index in [9.17, 15) is 9.59 Å². The van der Waals surface area contributed by atoms with Gasteiger partial charge in [0.05, 0.1) is 12.6 Å². The topological polar surface area (TPSA) is 61.9 Å². The van der Waals surface area contributed by atoms with Gasteiger partial charge in [-0.05, 0) is 63.2 Å². The first-order valence-corrected chi connectivity index (χ1v) is 11.0. The molecule has 1 N–H and O–H groups in total. The molecule has 1 atom stereocenters. The molecule has 6 nitrogen and oxygen atoms in total. The quantitative estimate of drug-likeness (QED) is 0.842. The second-order valence-electron chi connectivity index (χ2n) is 8.78. The lowest BCUT2D eigenvalue weighted by atomic mass is 9.73. The molecule has 4 rings (SSSR count). The molecule has 3 aliphatic rings. The van der Waals surface area contributed by atoms with Crippen molar-refractivity contribution >= 4 is 12.0 Å². The van der Waals surface area contributed by atoms with Crippen LogP contribution in [0.1, 0.15) is 64.5 Å². The molecule has 0 aromatic heterocycles. The van der Waals surface area contributed by atoms with Gasteiger partial charge in [0.2, 0.25) is 5.91 Å². The lowest BCUT2D eigenvalue weighted by molar-refractivity contribution is -0.119. The molecule has 160 valence electrons. The van der Waals surface area contributed by atoms with Crippen molar-refractivity contribution in [1.29, 1.82) is 0 Å². The summed E-state index contributed by atoms with van der Waals surface area (Å²) < 4.78 is 5.14. The molecule has 2 fully saturated rings. The first-order chi connectivity index (χ1) is 14.0. The summed E-state index contributed by atoms with van der Waals surface area (Å²) in [6, 6.07) is 9.36. The molecule has 2 aliphatic heterocycles. The van der Waals surface area contributed by atoms with Crippen LogP contribution in [0, 0.1) is 0 Å². The Hall–Kier alpha value is -2.08. The molecular weight excluding hydrogens is 366 g/mol. The SMILES string of the molecule is CCOC(=O)N1CCC(N2CCC3(CC2)C[C@@H](NC(C)=O)c2ccccc23)CC1.[HH]. The number of carbonyl (C=O) groups excluding carboxylic acids is 2. The van der Waals surface area contributed by atoms with Gasteiger partial charge in [0.15, 0.2) is 0 Å². The number of likely N-dealkylation sites (tertiary alicyclic amines) is 2. The maximum Gasteiger partial charge on any atom is 0.409 e. The Morgan fingerprint density at radius 1 is 1.17 bits per heavy atom. The fourth-order valence-electron chi connectivity index (χ4n) is 5.69. The first kappa shape index (κ1) is 20.2. The van der Waals surface area contributed by atoms with Gasteiger partial charge in [-0.1, -0.05) is 24.3 Å². The van der Waals surface area contributed by atoms with Gasteiger partial charge in [-0.25, -0.2) is 4.79 Å². The summed E-state index contributed by atoms with van der Waals surface area (Å²) in [6.07, 6.45) is 5.17. The molecule has 2 heterocycles. The maximum absolute atomic E-state index is 11.9. The Balaban J connectivity index is 0.00000256. The van der Waals surface area contributed by atoms with E-state index in [2.05, 4.69) is 34.5 Å². The standard InChI is InChI=1S/C23H33N3O3.H2/c1-3-29-22(28)26-12-8-18(9-13-26)25-14-10-23(11-15-25)16-21(24-17(2)27)19-6-4-5-7-20(19)23;/h4-7,18,21H,3,8-16H2,1-2H3,(H,24,27);1H/t21-;/m1./s1. The second kappa shape index (κ2) is 8.34. The van der Waals surface area contributed by atoms with Crippen LogP contribution in [0.3, 0.4) is 0 Å². The monoisotopic (exact) mass is 401 g/mol. The highest BCUT2D eigenvalue weighted by molar-refractivity contribution is 5.74. The van der Waals surface area contributed by atoms with E-state index in [1.165, 1.54) is 11.1 Å². The molecule has 2 amide bonds. The molecule has 0 saturated carbocycles. The van der Waals surface area contributed by atoms with Crippen LogP contribution in [-0.4, -0.2) is 60.6 Å². The molecule has 2 saturated heterocycles. The van der Waals surface area contributed by atoms with Crippen molar-refractivity contribution in [2.24, 2.45) is 0 Å². The molecule has 0 unspecified atom stereocenters. The predicted molar refractivity (Wildman–Crippen MR) is 114 cm³/mol. The van der Waals surface area contributed by atoms with E-state index in [-0.39, 0.29) is 24.9 Å². The number of nitrogens with one attached hydrogen (secondary N) is 1. The van der Waals surface area contributed by atoms with Crippen LogP contribution in [-0.2, 0) is 14.9 Å². The van der Waals surface area contributed by atoms with Crippen molar-refractivity contribution in [2.45, 2.75) is 63.5 Å². The zero-order valence-electron chi connectivity index (χ0n) is 17.7. The van der Waals surface area contributed by atoms with Crippen LogP contribution in [0.15, 0.2) is 24.3 Å². The van der Waals surface area contributed by atoms with Crippen LogP contribution in [0.5, 0.6) is 0 Å². The predicted octanol–water partition coefficient (Wildman–Crippen LogP) is 3.47. The van der Waals surface area contributed by atoms with Gasteiger partial charge in [0.25, 0.3) is 0 Å². The molecule has 29 heavy (non-hydrogen) atoms. The molecule has 1 spiro atoms. The minimum Gasteiger partial charge on any atom is -0.450 e. The van der Waals surface area contributed by atoms with Gasteiger partial charge in [-0.2, -0.15) is 0 Å². The van der Waals surface area contributed by atoms with Crippen molar-refractivity contribution in [1.82, 2.24) is 15.1 Å². The van der Waals surface area contributed by atoms with Crippen LogP contribution >= 0.6 is 0 Å².